The summed E-state index contributed by atoms with van der Waals surface area (Å²) in [6, 6.07) is 41.8. The van der Waals surface area contributed by atoms with Crippen molar-refractivity contribution >= 4 is 21.5 Å². The van der Waals surface area contributed by atoms with Crippen LogP contribution in [0.3, 0.4) is 0 Å². The van der Waals surface area contributed by atoms with Gasteiger partial charge in [-0.3, -0.25) is 0 Å². The van der Waals surface area contributed by atoms with Crippen molar-refractivity contribution in [1.82, 2.24) is 9.97 Å². The van der Waals surface area contributed by atoms with Gasteiger partial charge >= 0.3 is 0 Å². The van der Waals surface area contributed by atoms with E-state index in [9.17, 15) is 0 Å². The standard InChI is InChI=1S/C36H22N2/c1-3-10-23(11-4-1)32-28-14-7-8-15-29(28)33(24-12-5-2-6-13-24)36-31-19-18-26(25-20-37-22-38-21-25)27-16-9-17-30(34(27)31)35(32)36/h1-22H. The minimum Gasteiger partial charge on any atom is -0.244 e. The quantitative estimate of drug-likeness (QED) is 0.251. The third kappa shape index (κ3) is 2.95. The van der Waals surface area contributed by atoms with Gasteiger partial charge in [0.1, 0.15) is 6.33 Å². The number of hydrogen-bond acceptors (Lipinski definition) is 2. The largest absolute Gasteiger partial charge is 0.244 e. The van der Waals surface area contributed by atoms with Gasteiger partial charge in [0, 0.05) is 18.0 Å². The highest BCUT2D eigenvalue weighted by molar-refractivity contribution is 6.28. The van der Waals surface area contributed by atoms with Crippen LogP contribution in [-0.2, 0) is 0 Å². The summed E-state index contributed by atoms with van der Waals surface area (Å²) in [6.07, 6.45) is 5.39. The lowest BCUT2D eigenvalue weighted by molar-refractivity contribution is 1.17. The SMILES string of the molecule is c1ccc(-c2c3c(c(-c4ccccc4)c4ccccc24)-c2ccc(-c4cncnc4)c4cccc-3c24)cc1. The lowest BCUT2D eigenvalue weighted by Crippen LogP contribution is -1.93. The van der Waals surface area contributed by atoms with Gasteiger partial charge in [0.15, 0.2) is 0 Å². The summed E-state index contributed by atoms with van der Waals surface area (Å²) < 4.78 is 0. The van der Waals surface area contributed by atoms with Crippen LogP contribution in [0.1, 0.15) is 0 Å². The molecule has 0 aliphatic heterocycles. The summed E-state index contributed by atoms with van der Waals surface area (Å²) in [4.78, 5) is 8.60. The molecule has 2 heteroatoms. The van der Waals surface area contributed by atoms with Crippen LogP contribution in [0.2, 0.25) is 0 Å². The fourth-order valence-corrected chi connectivity index (χ4v) is 6.30. The molecule has 38 heavy (non-hydrogen) atoms. The summed E-state index contributed by atoms with van der Waals surface area (Å²) in [5.41, 5.74) is 12.5. The van der Waals surface area contributed by atoms with E-state index >= 15 is 0 Å². The van der Waals surface area contributed by atoms with Crippen LogP contribution in [0.5, 0.6) is 0 Å². The monoisotopic (exact) mass is 482 g/mol. The third-order valence-corrected chi connectivity index (χ3v) is 7.79. The molecule has 176 valence electrons. The van der Waals surface area contributed by atoms with E-state index in [-0.39, 0.29) is 0 Å². The minimum absolute atomic E-state index is 1.03. The number of rotatable bonds is 3. The Hall–Kier alpha value is -5.08. The molecule has 2 nitrogen and oxygen atoms in total. The molecule has 1 heterocycles. The first-order valence-electron chi connectivity index (χ1n) is 12.9. The Kier molecular flexibility index (Phi) is 4.55. The van der Waals surface area contributed by atoms with Gasteiger partial charge < -0.3 is 0 Å². The van der Waals surface area contributed by atoms with Crippen LogP contribution in [0, 0.1) is 0 Å². The van der Waals surface area contributed by atoms with Gasteiger partial charge in [-0.15, -0.1) is 0 Å². The number of nitrogens with zero attached hydrogens (tertiary/aromatic N) is 2. The van der Waals surface area contributed by atoms with Gasteiger partial charge in [-0.1, -0.05) is 115 Å². The highest BCUT2D eigenvalue weighted by Crippen LogP contribution is 2.58. The van der Waals surface area contributed by atoms with Crippen LogP contribution in [0.15, 0.2) is 134 Å². The molecule has 0 radical (unpaired) electrons. The molecule has 8 rings (SSSR count). The number of benzene rings is 6. The van der Waals surface area contributed by atoms with E-state index in [1.807, 2.05) is 12.4 Å². The summed E-state index contributed by atoms with van der Waals surface area (Å²) in [5, 5.41) is 5.08. The van der Waals surface area contributed by atoms with Crippen molar-refractivity contribution in [1.29, 1.82) is 0 Å². The van der Waals surface area contributed by atoms with Gasteiger partial charge in [-0.25, -0.2) is 9.97 Å². The van der Waals surface area contributed by atoms with Crippen molar-refractivity contribution in [3.8, 4) is 55.6 Å². The molecule has 1 aliphatic carbocycles. The number of fused-ring (bicyclic) bond motifs is 4. The second kappa shape index (κ2) is 8.22. The van der Waals surface area contributed by atoms with Crippen LogP contribution in [0.25, 0.3) is 77.2 Å². The Morgan fingerprint density at radius 1 is 0.342 bits per heavy atom. The topological polar surface area (TPSA) is 25.8 Å². The Labute approximate surface area is 220 Å². The predicted molar refractivity (Wildman–Crippen MR) is 158 cm³/mol. The second-order valence-corrected chi connectivity index (χ2v) is 9.79. The molecule has 0 unspecified atom stereocenters. The average Bonchev–Trinajstić information content (AvgIpc) is 3.32. The van der Waals surface area contributed by atoms with Crippen molar-refractivity contribution in [3.63, 3.8) is 0 Å². The van der Waals surface area contributed by atoms with Crippen molar-refractivity contribution in [2.24, 2.45) is 0 Å². The zero-order valence-electron chi connectivity index (χ0n) is 20.6. The average molecular weight is 483 g/mol. The van der Waals surface area contributed by atoms with Gasteiger partial charge in [0.05, 0.1) is 0 Å². The zero-order valence-corrected chi connectivity index (χ0v) is 20.6. The van der Waals surface area contributed by atoms with Crippen LogP contribution >= 0.6 is 0 Å². The Bertz CT molecular complexity index is 1900. The Balaban J connectivity index is 1.59. The Morgan fingerprint density at radius 3 is 1.45 bits per heavy atom. The van der Waals surface area contributed by atoms with Gasteiger partial charge in [-0.05, 0) is 71.6 Å². The molecular weight excluding hydrogens is 460 g/mol. The molecule has 0 spiro atoms. The predicted octanol–water partition coefficient (Wildman–Crippen LogP) is 9.43. The van der Waals surface area contributed by atoms with Crippen LogP contribution < -0.4 is 0 Å². The summed E-state index contributed by atoms with van der Waals surface area (Å²) in [5.74, 6) is 0. The fraction of sp³-hybridized carbons (Fsp3) is 0. The first-order valence-corrected chi connectivity index (χ1v) is 12.9. The van der Waals surface area contributed by atoms with E-state index in [1.165, 1.54) is 66.1 Å². The first kappa shape index (κ1) is 21.0. The van der Waals surface area contributed by atoms with E-state index < -0.39 is 0 Å². The van der Waals surface area contributed by atoms with Crippen molar-refractivity contribution in [2.75, 3.05) is 0 Å². The van der Waals surface area contributed by atoms with Gasteiger partial charge in [0.25, 0.3) is 0 Å². The Morgan fingerprint density at radius 2 is 0.842 bits per heavy atom. The molecule has 7 aromatic rings. The maximum absolute atomic E-state index is 4.30. The molecule has 1 aliphatic rings. The number of hydrogen-bond donors (Lipinski definition) is 0. The van der Waals surface area contributed by atoms with Crippen molar-refractivity contribution in [3.05, 3.63) is 134 Å². The van der Waals surface area contributed by atoms with Gasteiger partial charge in [-0.2, -0.15) is 0 Å². The first-order chi connectivity index (χ1) is 18.9. The van der Waals surface area contributed by atoms with Crippen LogP contribution in [0.4, 0.5) is 0 Å². The smallest absolute Gasteiger partial charge is 0.115 e. The maximum Gasteiger partial charge on any atom is 0.115 e. The van der Waals surface area contributed by atoms with E-state index in [4.69, 9.17) is 0 Å². The van der Waals surface area contributed by atoms with Crippen LogP contribution in [-0.4, -0.2) is 9.97 Å². The lowest BCUT2D eigenvalue weighted by atomic mass is 9.82. The molecule has 0 bridgehead atoms. The molecular formula is C36H22N2. The van der Waals surface area contributed by atoms with Gasteiger partial charge in [0.2, 0.25) is 0 Å². The molecule has 0 N–H and O–H groups in total. The molecule has 0 fully saturated rings. The van der Waals surface area contributed by atoms with E-state index in [0.29, 0.717) is 0 Å². The molecule has 0 saturated heterocycles. The summed E-state index contributed by atoms with van der Waals surface area (Å²) in [6.45, 7) is 0. The zero-order chi connectivity index (χ0) is 25.1. The van der Waals surface area contributed by atoms with Crippen molar-refractivity contribution in [2.45, 2.75) is 0 Å². The maximum atomic E-state index is 4.30. The molecule has 0 saturated carbocycles. The highest BCUT2D eigenvalue weighted by atomic mass is 14.8. The third-order valence-electron chi connectivity index (χ3n) is 7.79. The fourth-order valence-electron chi connectivity index (χ4n) is 6.30. The van der Waals surface area contributed by atoms with E-state index in [2.05, 4.69) is 125 Å². The second-order valence-electron chi connectivity index (χ2n) is 9.79. The molecule has 1 aromatic heterocycles. The molecule has 0 amide bonds. The van der Waals surface area contributed by atoms with E-state index in [1.54, 1.807) is 6.33 Å². The molecule has 0 atom stereocenters. The molecule has 6 aromatic carbocycles. The lowest BCUT2D eigenvalue weighted by Gasteiger charge is -2.20. The number of aromatic nitrogens is 2. The minimum atomic E-state index is 1.03. The summed E-state index contributed by atoms with van der Waals surface area (Å²) in [7, 11) is 0. The normalized spacial score (nSPS) is 11.7. The van der Waals surface area contributed by atoms with Crippen molar-refractivity contribution < 1.29 is 0 Å². The summed E-state index contributed by atoms with van der Waals surface area (Å²) >= 11 is 0. The highest BCUT2D eigenvalue weighted by Gasteiger charge is 2.31. The van der Waals surface area contributed by atoms with E-state index in [0.717, 1.165) is 11.1 Å².